The van der Waals surface area contributed by atoms with Gasteiger partial charge < -0.3 is 9.47 Å². The van der Waals surface area contributed by atoms with Gasteiger partial charge in [-0.3, -0.25) is 4.90 Å². The molecule has 1 aromatic heterocycles. The van der Waals surface area contributed by atoms with Gasteiger partial charge in [-0.25, -0.2) is 0 Å². The lowest BCUT2D eigenvalue weighted by atomic mass is 10.1. The number of hydrogen-bond acceptors (Lipinski definition) is 2. The molecule has 1 aliphatic carbocycles. The highest BCUT2D eigenvalue weighted by Crippen LogP contribution is 2.36. The van der Waals surface area contributed by atoms with Gasteiger partial charge >= 0.3 is 0 Å². The zero-order valence-electron chi connectivity index (χ0n) is 13.6. The van der Waals surface area contributed by atoms with Gasteiger partial charge in [0.1, 0.15) is 0 Å². The van der Waals surface area contributed by atoms with Crippen molar-refractivity contribution < 1.29 is 0 Å². The molecule has 2 heterocycles. The van der Waals surface area contributed by atoms with Crippen molar-refractivity contribution in [2.75, 3.05) is 33.2 Å². The number of hydrogen-bond donors (Lipinski definition) is 0. The maximum absolute atomic E-state index is 2.73. The van der Waals surface area contributed by atoms with Gasteiger partial charge in [0.25, 0.3) is 0 Å². The van der Waals surface area contributed by atoms with Crippen molar-refractivity contribution in [3.05, 3.63) is 36.5 Å². The first-order valence-electron chi connectivity index (χ1n) is 8.76. The number of fused-ring (bicyclic) bond motifs is 3. The van der Waals surface area contributed by atoms with E-state index in [0.717, 1.165) is 25.0 Å². The van der Waals surface area contributed by atoms with E-state index in [4.69, 9.17) is 0 Å². The Morgan fingerprint density at radius 3 is 2.77 bits per heavy atom. The molecule has 1 aliphatic heterocycles. The largest absolute Gasteiger partial charge is 0.346 e. The Morgan fingerprint density at radius 2 is 1.95 bits per heavy atom. The third kappa shape index (κ3) is 2.80. The lowest BCUT2D eigenvalue weighted by Crippen LogP contribution is -2.38. The van der Waals surface area contributed by atoms with E-state index in [2.05, 4.69) is 57.9 Å². The fraction of sp³-hybridized carbons (Fsp3) is 0.579. The molecular formula is C19H27N3. The second kappa shape index (κ2) is 6.05. The van der Waals surface area contributed by atoms with Gasteiger partial charge in [-0.15, -0.1) is 0 Å². The van der Waals surface area contributed by atoms with Crippen molar-refractivity contribution in [3.8, 4) is 0 Å². The van der Waals surface area contributed by atoms with Crippen molar-refractivity contribution in [1.29, 1.82) is 0 Å². The van der Waals surface area contributed by atoms with E-state index in [-0.39, 0.29) is 0 Å². The molecule has 2 aliphatic rings. The summed E-state index contributed by atoms with van der Waals surface area (Å²) in [5.74, 6) is 1.02. The summed E-state index contributed by atoms with van der Waals surface area (Å²) in [6, 6.07) is 11.8. The summed E-state index contributed by atoms with van der Waals surface area (Å²) < 4.78 is 2.38. The van der Waals surface area contributed by atoms with Crippen LogP contribution in [0.15, 0.2) is 36.5 Å². The lowest BCUT2D eigenvalue weighted by Gasteiger charge is -2.28. The molecule has 1 aromatic carbocycles. The van der Waals surface area contributed by atoms with Crippen LogP contribution in [0.25, 0.3) is 10.9 Å². The molecule has 2 atom stereocenters. The Kier molecular flexibility index (Phi) is 3.93. The minimum absolute atomic E-state index is 0.909. The molecule has 3 nitrogen and oxygen atoms in total. The van der Waals surface area contributed by atoms with Crippen LogP contribution in [-0.2, 0) is 6.54 Å². The van der Waals surface area contributed by atoms with Crippen LogP contribution >= 0.6 is 0 Å². The Balaban J connectivity index is 1.27. The first-order chi connectivity index (χ1) is 10.8. The molecule has 2 bridgehead atoms. The molecule has 4 rings (SSSR count). The van der Waals surface area contributed by atoms with Crippen LogP contribution in [0.1, 0.15) is 19.3 Å². The van der Waals surface area contributed by atoms with Gasteiger partial charge in [0.15, 0.2) is 0 Å². The summed E-state index contributed by atoms with van der Waals surface area (Å²) in [5, 5.41) is 1.35. The second-order valence-electron chi connectivity index (χ2n) is 7.20. The van der Waals surface area contributed by atoms with E-state index in [0.29, 0.717) is 0 Å². The summed E-state index contributed by atoms with van der Waals surface area (Å²) in [5.41, 5.74) is 1.35. The molecule has 2 fully saturated rings. The molecule has 0 unspecified atom stereocenters. The van der Waals surface area contributed by atoms with Gasteiger partial charge in [-0.05, 0) is 49.7 Å². The monoisotopic (exact) mass is 297 g/mol. The maximum Gasteiger partial charge on any atom is 0.0480 e. The summed E-state index contributed by atoms with van der Waals surface area (Å²) in [6.45, 7) is 6.02. The molecule has 0 spiro atoms. The minimum Gasteiger partial charge on any atom is -0.346 e. The van der Waals surface area contributed by atoms with Crippen molar-refractivity contribution in [1.82, 2.24) is 14.4 Å². The van der Waals surface area contributed by atoms with E-state index in [9.17, 15) is 0 Å². The highest BCUT2D eigenvalue weighted by Gasteiger charge is 2.37. The first-order valence-corrected chi connectivity index (χ1v) is 8.76. The van der Waals surface area contributed by atoms with Crippen LogP contribution in [0.4, 0.5) is 0 Å². The van der Waals surface area contributed by atoms with E-state index in [1.54, 1.807) is 0 Å². The van der Waals surface area contributed by atoms with Gasteiger partial charge in [0, 0.05) is 50.5 Å². The van der Waals surface area contributed by atoms with Gasteiger partial charge in [0.05, 0.1) is 0 Å². The average molecular weight is 297 g/mol. The summed E-state index contributed by atoms with van der Waals surface area (Å²) in [7, 11) is 2.26. The number of likely N-dealkylation sites (N-methyl/N-ethyl adjacent to an activating group) is 1. The zero-order chi connectivity index (χ0) is 14.9. The number of nitrogens with zero attached hydrogens (tertiary/aromatic N) is 3. The Bertz CT molecular complexity index is 632. The normalized spacial score (nSPS) is 24.8. The number of aromatic nitrogens is 1. The first kappa shape index (κ1) is 14.3. The lowest BCUT2D eigenvalue weighted by molar-refractivity contribution is 0.183. The number of piperidine rings is 1. The number of likely N-dealkylation sites (tertiary alicyclic amines) is 1. The van der Waals surface area contributed by atoms with E-state index in [1.807, 2.05) is 0 Å². The van der Waals surface area contributed by atoms with Crippen molar-refractivity contribution in [2.24, 2.45) is 5.92 Å². The summed E-state index contributed by atoms with van der Waals surface area (Å²) >= 11 is 0. The van der Waals surface area contributed by atoms with Crippen molar-refractivity contribution in [3.63, 3.8) is 0 Å². The van der Waals surface area contributed by atoms with Crippen LogP contribution in [0, 0.1) is 5.92 Å². The predicted octanol–water partition coefficient (Wildman–Crippen LogP) is 3.06. The third-order valence-electron chi connectivity index (χ3n) is 5.69. The Morgan fingerprint density at radius 1 is 1.09 bits per heavy atom. The van der Waals surface area contributed by atoms with Crippen LogP contribution < -0.4 is 0 Å². The third-order valence-corrected chi connectivity index (χ3v) is 5.69. The molecular weight excluding hydrogens is 270 g/mol. The van der Waals surface area contributed by atoms with Crippen molar-refractivity contribution >= 4 is 10.9 Å². The Labute approximate surface area is 133 Å². The highest BCUT2D eigenvalue weighted by molar-refractivity contribution is 5.79. The molecule has 22 heavy (non-hydrogen) atoms. The minimum atomic E-state index is 0.909. The van der Waals surface area contributed by atoms with Crippen LogP contribution in [0.5, 0.6) is 0 Å². The maximum atomic E-state index is 2.73. The predicted molar refractivity (Wildman–Crippen MR) is 92.1 cm³/mol. The van der Waals surface area contributed by atoms with Crippen LogP contribution in [-0.4, -0.2) is 53.6 Å². The fourth-order valence-electron chi connectivity index (χ4n) is 4.33. The van der Waals surface area contributed by atoms with E-state index < -0.39 is 0 Å². The van der Waals surface area contributed by atoms with Gasteiger partial charge in [0.2, 0.25) is 0 Å². The molecule has 0 amide bonds. The average Bonchev–Trinajstić information content (AvgIpc) is 3.26. The quantitative estimate of drug-likeness (QED) is 0.812. The number of benzene rings is 1. The zero-order valence-corrected chi connectivity index (χ0v) is 13.6. The molecule has 3 heteroatoms. The van der Waals surface area contributed by atoms with Crippen LogP contribution in [0.2, 0.25) is 0 Å². The molecule has 0 radical (unpaired) electrons. The highest BCUT2D eigenvalue weighted by atomic mass is 15.2. The molecule has 1 saturated carbocycles. The van der Waals surface area contributed by atoms with Gasteiger partial charge in [-0.1, -0.05) is 18.2 Å². The summed E-state index contributed by atoms with van der Waals surface area (Å²) in [6.07, 6.45) is 6.62. The smallest absolute Gasteiger partial charge is 0.0480 e. The van der Waals surface area contributed by atoms with E-state index >= 15 is 0 Å². The molecule has 1 saturated heterocycles. The Hall–Kier alpha value is -1.32. The topological polar surface area (TPSA) is 11.4 Å². The van der Waals surface area contributed by atoms with Crippen LogP contribution in [0.3, 0.4) is 0 Å². The molecule has 0 N–H and O–H groups in total. The van der Waals surface area contributed by atoms with Crippen molar-refractivity contribution in [2.45, 2.75) is 31.8 Å². The standard InChI is InChI=1S/C19H27N3/c1-20(11-13-22-15-16-6-7-18(22)14-16)10-12-21-9-8-17-4-2-3-5-19(17)21/h2-5,8-9,16,18H,6-7,10-15H2,1H3/t16-,18+/m0/s1. The number of rotatable bonds is 6. The van der Waals surface area contributed by atoms with Gasteiger partial charge in [-0.2, -0.15) is 0 Å². The second-order valence-corrected chi connectivity index (χ2v) is 7.20. The molecule has 118 valence electrons. The van der Waals surface area contributed by atoms with E-state index in [1.165, 1.54) is 49.8 Å². The fourth-order valence-corrected chi connectivity index (χ4v) is 4.33. The SMILES string of the molecule is CN(CCN1C[C@H]2CC[C@@H]1C2)CCn1ccc2ccccc21. The summed E-state index contributed by atoms with van der Waals surface area (Å²) in [4.78, 5) is 5.22. The number of para-hydroxylation sites is 1. The molecule has 2 aromatic rings.